The van der Waals surface area contributed by atoms with Gasteiger partial charge < -0.3 is 30.2 Å². The predicted molar refractivity (Wildman–Crippen MR) is 115 cm³/mol. The summed E-state index contributed by atoms with van der Waals surface area (Å²) in [6, 6.07) is 13.4. The lowest BCUT2D eigenvalue weighted by molar-refractivity contribution is 0.171. The highest BCUT2D eigenvalue weighted by molar-refractivity contribution is 5.91. The molecule has 0 saturated carbocycles. The Morgan fingerprint density at radius 1 is 0.900 bits per heavy atom. The molecule has 30 heavy (non-hydrogen) atoms. The molecule has 1 heterocycles. The molecule has 158 valence electrons. The quantitative estimate of drug-likeness (QED) is 0.461. The van der Waals surface area contributed by atoms with Crippen molar-refractivity contribution in [3.05, 3.63) is 48.0 Å². The van der Waals surface area contributed by atoms with Crippen LogP contribution >= 0.6 is 0 Å². The average molecular weight is 411 g/mol. The number of benzene rings is 2. The molecular formula is C21H25N5O4. The van der Waals surface area contributed by atoms with Crippen molar-refractivity contribution in [3.8, 4) is 11.5 Å². The van der Waals surface area contributed by atoms with Crippen LogP contribution in [0.4, 0.5) is 16.6 Å². The molecule has 2 aromatic carbocycles. The topological polar surface area (TPSA) is 107 Å². The predicted octanol–water partition coefficient (Wildman–Crippen LogP) is 3.03. The van der Waals surface area contributed by atoms with Gasteiger partial charge in [-0.05, 0) is 35.9 Å². The highest BCUT2D eigenvalue weighted by Crippen LogP contribution is 2.27. The SMILES string of the molecule is COC(=O)NCCNc1nc(NCc2ccc(OC)cc2)c2cc(OC)ccc2n1. The van der Waals surface area contributed by atoms with E-state index in [9.17, 15) is 4.79 Å². The summed E-state index contributed by atoms with van der Waals surface area (Å²) in [7, 11) is 4.59. The Morgan fingerprint density at radius 3 is 2.33 bits per heavy atom. The lowest BCUT2D eigenvalue weighted by atomic mass is 10.2. The first-order valence-corrected chi connectivity index (χ1v) is 9.41. The monoisotopic (exact) mass is 411 g/mol. The number of carbonyl (C=O) groups excluding carboxylic acids is 1. The van der Waals surface area contributed by atoms with Crippen LogP contribution in [0.3, 0.4) is 0 Å². The minimum atomic E-state index is -0.481. The lowest BCUT2D eigenvalue weighted by Crippen LogP contribution is -2.28. The van der Waals surface area contributed by atoms with E-state index < -0.39 is 6.09 Å². The molecular weight excluding hydrogens is 386 g/mol. The second-order valence-corrected chi connectivity index (χ2v) is 6.33. The number of carbonyl (C=O) groups is 1. The minimum Gasteiger partial charge on any atom is -0.497 e. The molecule has 3 rings (SSSR count). The van der Waals surface area contributed by atoms with Gasteiger partial charge in [0.15, 0.2) is 0 Å². The number of amides is 1. The molecule has 0 atom stereocenters. The fourth-order valence-electron chi connectivity index (χ4n) is 2.79. The van der Waals surface area contributed by atoms with Crippen LogP contribution in [0, 0.1) is 0 Å². The number of hydrogen-bond donors (Lipinski definition) is 3. The van der Waals surface area contributed by atoms with E-state index in [1.54, 1.807) is 14.2 Å². The zero-order valence-corrected chi connectivity index (χ0v) is 17.2. The molecule has 0 bridgehead atoms. The van der Waals surface area contributed by atoms with E-state index in [0.717, 1.165) is 28.0 Å². The van der Waals surface area contributed by atoms with Crippen LogP contribution in [-0.2, 0) is 11.3 Å². The molecule has 0 fully saturated rings. The van der Waals surface area contributed by atoms with Gasteiger partial charge in [0.25, 0.3) is 0 Å². The molecule has 0 radical (unpaired) electrons. The minimum absolute atomic E-state index is 0.380. The second-order valence-electron chi connectivity index (χ2n) is 6.33. The number of rotatable bonds is 9. The number of methoxy groups -OCH3 is 3. The average Bonchev–Trinajstić information content (AvgIpc) is 2.80. The van der Waals surface area contributed by atoms with Gasteiger partial charge in [0.05, 0.1) is 26.8 Å². The van der Waals surface area contributed by atoms with Crippen LogP contribution < -0.4 is 25.4 Å². The van der Waals surface area contributed by atoms with Crippen LogP contribution in [-0.4, -0.2) is 50.5 Å². The van der Waals surface area contributed by atoms with Gasteiger partial charge in [0.1, 0.15) is 17.3 Å². The van der Waals surface area contributed by atoms with Crippen LogP contribution in [0.2, 0.25) is 0 Å². The molecule has 1 aromatic heterocycles. The third kappa shape index (κ3) is 5.40. The van der Waals surface area contributed by atoms with Gasteiger partial charge in [-0.25, -0.2) is 9.78 Å². The smallest absolute Gasteiger partial charge is 0.406 e. The normalized spacial score (nSPS) is 10.4. The molecule has 3 aromatic rings. The molecule has 0 spiro atoms. The van der Waals surface area contributed by atoms with Crippen molar-refractivity contribution in [3.63, 3.8) is 0 Å². The van der Waals surface area contributed by atoms with E-state index >= 15 is 0 Å². The van der Waals surface area contributed by atoms with Crippen LogP contribution in [0.25, 0.3) is 10.9 Å². The number of nitrogens with one attached hydrogen (secondary N) is 3. The molecule has 0 saturated heterocycles. The van der Waals surface area contributed by atoms with Crippen LogP contribution in [0.5, 0.6) is 11.5 Å². The van der Waals surface area contributed by atoms with Gasteiger partial charge in [0.2, 0.25) is 5.95 Å². The zero-order valence-electron chi connectivity index (χ0n) is 17.2. The Bertz CT molecular complexity index is 995. The molecule has 0 aliphatic carbocycles. The summed E-state index contributed by atoms with van der Waals surface area (Å²) in [5, 5.41) is 9.94. The van der Waals surface area contributed by atoms with E-state index in [2.05, 4.69) is 30.7 Å². The van der Waals surface area contributed by atoms with Crippen molar-refractivity contribution in [2.24, 2.45) is 0 Å². The summed E-state index contributed by atoms with van der Waals surface area (Å²) < 4.78 is 15.1. The summed E-state index contributed by atoms with van der Waals surface area (Å²) in [5.74, 6) is 2.67. The van der Waals surface area contributed by atoms with E-state index in [-0.39, 0.29) is 0 Å². The Hall–Kier alpha value is -3.75. The van der Waals surface area contributed by atoms with E-state index in [0.29, 0.717) is 31.4 Å². The van der Waals surface area contributed by atoms with E-state index in [1.807, 2.05) is 42.5 Å². The van der Waals surface area contributed by atoms with Crippen molar-refractivity contribution in [2.45, 2.75) is 6.54 Å². The number of ether oxygens (including phenoxy) is 3. The second kappa shape index (κ2) is 10.1. The number of aromatic nitrogens is 2. The van der Waals surface area contributed by atoms with Gasteiger partial charge >= 0.3 is 6.09 Å². The van der Waals surface area contributed by atoms with E-state index in [4.69, 9.17) is 9.47 Å². The van der Waals surface area contributed by atoms with Gasteiger partial charge in [-0.1, -0.05) is 12.1 Å². The summed E-state index contributed by atoms with van der Waals surface area (Å²) in [5.41, 5.74) is 1.86. The van der Waals surface area contributed by atoms with E-state index in [1.165, 1.54) is 7.11 Å². The molecule has 0 aliphatic rings. The Balaban J connectivity index is 1.78. The Morgan fingerprint density at radius 2 is 1.63 bits per heavy atom. The maximum absolute atomic E-state index is 11.2. The number of fused-ring (bicyclic) bond motifs is 1. The number of hydrogen-bond acceptors (Lipinski definition) is 8. The summed E-state index contributed by atoms with van der Waals surface area (Å²) in [6.45, 7) is 1.41. The molecule has 9 heteroatoms. The standard InChI is InChI=1S/C21H25N5O4/c1-28-15-6-4-14(5-7-15)13-24-19-17-12-16(29-2)8-9-18(17)25-20(26-19)22-10-11-23-21(27)30-3/h4-9,12H,10-11,13H2,1-3H3,(H,23,27)(H2,22,24,25,26). The van der Waals surface area contributed by atoms with Crippen LogP contribution in [0.1, 0.15) is 5.56 Å². The largest absolute Gasteiger partial charge is 0.497 e. The molecule has 3 N–H and O–H groups in total. The number of alkyl carbamates (subject to hydrolysis) is 1. The zero-order chi connectivity index (χ0) is 21.3. The van der Waals surface area contributed by atoms with Crippen molar-refractivity contribution in [1.82, 2.24) is 15.3 Å². The third-order valence-electron chi connectivity index (χ3n) is 4.38. The third-order valence-corrected chi connectivity index (χ3v) is 4.38. The molecule has 1 amide bonds. The highest BCUT2D eigenvalue weighted by atomic mass is 16.5. The van der Waals surface area contributed by atoms with Crippen molar-refractivity contribution >= 4 is 28.8 Å². The first kappa shape index (κ1) is 21.0. The van der Waals surface area contributed by atoms with Gasteiger partial charge in [-0.2, -0.15) is 4.98 Å². The van der Waals surface area contributed by atoms with Crippen molar-refractivity contribution < 1.29 is 19.0 Å². The summed E-state index contributed by atoms with van der Waals surface area (Å²) in [4.78, 5) is 20.3. The molecule has 9 nitrogen and oxygen atoms in total. The van der Waals surface area contributed by atoms with Crippen molar-refractivity contribution in [2.75, 3.05) is 45.1 Å². The van der Waals surface area contributed by atoms with Gasteiger partial charge in [-0.3, -0.25) is 0 Å². The Kier molecular flexibility index (Phi) is 7.09. The van der Waals surface area contributed by atoms with Gasteiger partial charge in [0, 0.05) is 25.0 Å². The molecule has 0 unspecified atom stereocenters. The highest BCUT2D eigenvalue weighted by Gasteiger charge is 2.10. The maximum atomic E-state index is 11.2. The lowest BCUT2D eigenvalue weighted by Gasteiger charge is -2.13. The van der Waals surface area contributed by atoms with Crippen LogP contribution in [0.15, 0.2) is 42.5 Å². The number of anilines is 2. The summed E-state index contributed by atoms with van der Waals surface area (Å²) in [6.07, 6.45) is -0.481. The fraction of sp³-hybridized carbons (Fsp3) is 0.286. The first-order valence-electron chi connectivity index (χ1n) is 9.41. The maximum Gasteiger partial charge on any atom is 0.406 e. The first-order chi connectivity index (χ1) is 14.6. The van der Waals surface area contributed by atoms with Crippen molar-refractivity contribution in [1.29, 1.82) is 0 Å². The summed E-state index contributed by atoms with van der Waals surface area (Å²) >= 11 is 0. The number of nitrogens with zero attached hydrogens (tertiary/aromatic N) is 2. The van der Waals surface area contributed by atoms with Gasteiger partial charge in [-0.15, -0.1) is 0 Å². The Labute approximate surface area is 174 Å². The molecule has 0 aliphatic heterocycles. The fourth-order valence-corrected chi connectivity index (χ4v) is 2.79.